The molecule has 0 saturated heterocycles. The Morgan fingerprint density at radius 3 is 2.52 bits per heavy atom. The molecular weight excluding hydrogens is 344 g/mol. The van der Waals surface area contributed by atoms with Crippen LogP contribution in [0.2, 0.25) is 0 Å². The third-order valence-electron chi connectivity index (χ3n) is 4.57. The molecule has 0 spiro atoms. The van der Waals surface area contributed by atoms with E-state index in [-0.39, 0.29) is 18.0 Å². The van der Waals surface area contributed by atoms with Crippen LogP contribution in [0.15, 0.2) is 30.3 Å². The fourth-order valence-electron chi connectivity index (χ4n) is 3.43. The number of amides is 2. The van der Waals surface area contributed by atoms with Gasteiger partial charge in [0.2, 0.25) is 0 Å². The summed E-state index contributed by atoms with van der Waals surface area (Å²) >= 11 is 0. The molecule has 1 N–H and O–H groups in total. The van der Waals surface area contributed by atoms with Gasteiger partial charge in [0.1, 0.15) is 5.69 Å². The minimum absolute atomic E-state index is 0.183. The van der Waals surface area contributed by atoms with Crippen molar-refractivity contribution in [3.63, 3.8) is 0 Å². The molecule has 0 unspecified atom stereocenters. The van der Waals surface area contributed by atoms with Gasteiger partial charge in [-0.3, -0.25) is 9.36 Å². The normalized spacial score (nSPS) is 11.5. The maximum atomic E-state index is 13.0. The lowest BCUT2D eigenvalue weighted by Gasteiger charge is -2.15. The van der Waals surface area contributed by atoms with Gasteiger partial charge >= 0.3 is 6.03 Å². The van der Waals surface area contributed by atoms with Gasteiger partial charge < -0.3 is 19.5 Å². The summed E-state index contributed by atoms with van der Waals surface area (Å²) in [4.78, 5) is 27.2. The number of para-hydroxylation sites is 1. The van der Waals surface area contributed by atoms with Crippen molar-refractivity contribution in [2.24, 2.45) is 0 Å². The highest BCUT2D eigenvalue weighted by Gasteiger charge is 2.26. The highest BCUT2D eigenvalue weighted by atomic mass is 16.5. The molecule has 144 valence electrons. The molecule has 0 aliphatic rings. The van der Waals surface area contributed by atoms with Gasteiger partial charge in [-0.2, -0.15) is 0 Å². The molecule has 0 aliphatic heterocycles. The molecule has 0 saturated carbocycles. The Bertz CT molecular complexity index is 998. The lowest BCUT2D eigenvalue weighted by molar-refractivity contribution is 0.0928. The maximum absolute atomic E-state index is 13.0. The zero-order chi connectivity index (χ0) is 19.7. The first-order valence-corrected chi connectivity index (χ1v) is 9.01. The van der Waals surface area contributed by atoms with Crippen molar-refractivity contribution in [1.82, 2.24) is 19.4 Å². The van der Waals surface area contributed by atoms with Crippen molar-refractivity contribution in [2.45, 2.75) is 19.9 Å². The second-order valence-electron chi connectivity index (χ2n) is 7.01. The van der Waals surface area contributed by atoms with Crippen molar-refractivity contribution in [3.05, 3.63) is 36.0 Å². The summed E-state index contributed by atoms with van der Waals surface area (Å²) in [5.41, 5.74) is 3.01. The molecule has 0 radical (unpaired) electrons. The molecular formula is C20H26N4O3. The van der Waals surface area contributed by atoms with Crippen LogP contribution in [0.3, 0.4) is 0 Å². The summed E-state index contributed by atoms with van der Waals surface area (Å²) < 4.78 is 8.67. The summed E-state index contributed by atoms with van der Waals surface area (Å²) in [6.45, 7) is 4.98. The zero-order valence-corrected chi connectivity index (χ0v) is 16.4. The number of rotatable bonds is 5. The molecule has 27 heavy (non-hydrogen) atoms. The molecule has 2 heterocycles. The Kier molecular flexibility index (Phi) is 5.23. The average molecular weight is 370 g/mol. The Morgan fingerprint density at radius 2 is 1.89 bits per heavy atom. The molecule has 3 rings (SSSR count). The monoisotopic (exact) mass is 370 g/mol. The number of ether oxygens (including phenoxy) is 1. The van der Waals surface area contributed by atoms with E-state index in [2.05, 4.69) is 23.7 Å². The minimum Gasteiger partial charge on any atom is -0.383 e. The second-order valence-corrected chi connectivity index (χ2v) is 7.01. The molecule has 0 atom stereocenters. The number of nitrogens with one attached hydrogen (secondary N) is 1. The van der Waals surface area contributed by atoms with Crippen molar-refractivity contribution in [3.8, 4) is 0 Å². The first kappa shape index (κ1) is 19.0. The van der Waals surface area contributed by atoms with Crippen LogP contribution in [-0.2, 0) is 4.74 Å². The van der Waals surface area contributed by atoms with Crippen LogP contribution in [0.4, 0.5) is 4.79 Å². The van der Waals surface area contributed by atoms with E-state index in [0.717, 1.165) is 21.9 Å². The minimum atomic E-state index is -0.294. The van der Waals surface area contributed by atoms with Crippen LogP contribution in [0.5, 0.6) is 0 Å². The number of methoxy groups -OCH3 is 1. The summed E-state index contributed by atoms with van der Waals surface area (Å²) in [6.07, 6.45) is 0. The number of benzene rings is 1. The Labute approximate surface area is 158 Å². The molecule has 0 bridgehead atoms. The standard InChI is InChI=1S/C20H26N4O3/c1-13(2)23-15-9-7-6-8-14(15)18-16(23)12-17(19(25)21-10-11-27-5)24(18)20(26)22(3)4/h6-9,12-13H,10-11H2,1-5H3,(H,21,25). The largest absolute Gasteiger partial charge is 0.383 e. The molecule has 3 aromatic rings. The molecule has 0 fully saturated rings. The Morgan fingerprint density at radius 1 is 1.19 bits per heavy atom. The van der Waals surface area contributed by atoms with E-state index in [4.69, 9.17) is 4.74 Å². The summed E-state index contributed by atoms with van der Waals surface area (Å²) in [5.74, 6) is -0.294. The number of nitrogens with zero attached hydrogens (tertiary/aromatic N) is 3. The Hall–Kier alpha value is -2.80. The number of hydrogen-bond donors (Lipinski definition) is 1. The van der Waals surface area contributed by atoms with Crippen LogP contribution in [0.1, 0.15) is 30.4 Å². The van der Waals surface area contributed by atoms with Gasteiger partial charge in [0.15, 0.2) is 0 Å². The van der Waals surface area contributed by atoms with Gasteiger partial charge in [-0.05, 0) is 26.0 Å². The SMILES string of the molecule is COCCNC(=O)c1cc2c(c3ccccc3n2C(C)C)n1C(=O)N(C)C. The lowest BCUT2D eigenvalue weighted by atomic mass is 10.2. The molecule has 2 amide bonds. The van der Waals surface area contributed by atoms with Crippen LogP contribution in [-0.4, -0.2) is 60.3 Å². The van der Waals surface area contributed by atoms with Crippen LogP contribution < -0.4 is 5.32 Å². The van der Waals surface area contributed by atoms with Crippen LogP contribution >= 0.6 is 0 Å². The molecule has 7 nitrogen and oxygen atoms in total. The maximum Gasteiger partial charge on any atom is 0.328 e. The molecule has 7 heteroatoms. The predicted octanol–water partition coefficient (Wildman–Crippen LogP) is 3.08. The molecule has 2 aromatic heterocycles. The fraction of sp³-hybridized carbons (Fsp3) is 0.400. The van der Waals surface area contributed by atoms with Gasteiger partial charge in [-0.1, -0.05) is 18.2 Å². The van der Waals surface area contributed by atoms with E-state index in [9.17, 15) is 9.59 Å². The van der Waals surface area contributed by atoms with E-state index in [1.165, 1.54) is 9.47 Å². The summed E-state index contributed by atoms with van der Waals surface area (Å²) in [5, 5.41) is 3.77. The van der Waals surface area contributed by atoms with E-state index >= 15 is 0 Å². The van der Waals surface area contributed by atoms with E-state index in [0.29, 0.717) is 18.8 Å². The first-order valence-electron chi connectivity index (χ1n) is 9.01. The van der Waals surface area contributed by atoms with Crippen molar-refractivity contribution in [1.29, 1.82) is 0 Å². The molecule has 0 aliphatic carbocycles. The zero-order valence-electron chi connectivity index (χ0n) is 16.4. The number of hydrogen-bond acceptors (Lipinski definition) is 3. The van der Waals surface area contributed by atoms with Gasteiger partial charge in [0.05, 0.1) is 23.2 Å². The molecule has 1 aromatic carbocycles. The van der Waals surface area contributed by atoms with Crippen LogP contribution in [0.25, 0.3) is 21.9 Å². The van der Waals surface area contributed by atoms with Gasteiger partial charge in [-0.15, -0.1) is 0 Å². The van der Waals surface area contributed by atoms with Crippen molar-refractivity contribution >= 4 is 33.9 Å². The quantitative estimate of drug-likeness (QED) is 0.702. The number of aromatic nitrogens is 2. The predicted molar refractivity (Wildman–Crippen MR) is 107 cm³/mol. The van der Waals surface area contributed by atoms with Gasteiger partial charge in [-0.25, -0.2) is 4.79 Å². The highest BCUT2D eigenvalue weighted by molar-refractivity contribution is 6.14. The highest BCUT2D eigenvalue weighted by Crippen LogP contribution is 2.34. The number of fused-ring (bicyclic) bond motifs is 3. The van der Waals surface area contributed by atoms with Gasteiger partial charge in [0, 0.05) is 39.2 Å². The van der Waals surface area contributed by atoms with E-state index in [1.807, 2.05) is 24.3 Å². The van der Waals surface area contributed by atoms with E-state index < -0.39 is 0 Å². The lowest BCUT2D eigenvalue weighted by Crippen LogP contribution is -2.34. The van der Waals surface area contributed by atoms with Crippen molar-refractivity contribution < 1.29 is 14.3 Å². The second kappa shape index (κ2) is 7.44. The van der Waals surface area contributed by atoms with E-state index in [1.54, 1.807) is 27.3 Å². The van der Waals surface area contributed by atoms with Crippen LogP contribution in [0, 0.1) is 0 Å². The Balaban J connectivity index is 2.30. The van der Waals surface area contributed by atoms with Gasteiger partial charge in [0.25, 0.3) is 5.91 Å². The summed E-state index contributed by atoms with van der Waals surface area (Å²) in [7, 11) is 4.95. The summed E-state index contributed by atoms with van der Waals surface area (Å²) in [6, 6.07) is 9.69. The third-order valence-corrected chi connectivity index (χ3v) is 4.57. The average Bonchev–Trinajstić information content (AvgIpc) is 3.15. The van der Waals surface area contributed by atoms with Crippen molar-refractivity contribution in [2.75, 3.05) is 34.4 Å². The first-order chi connectivity index (χ1) is 12.9. The number of carbonyl (C=O) groups excluding carboxylic acids is 2. The third kappa shape index (κ3) is 3.19. The number of carbonyl (C=O) groups is 2. The smallest absolute Gasteiger partial charge is 0.328 e. The topological polar surface area (TPSA) is 68.5 Å². The fourth-order valence-corrected chi connectivity index (χ4v) is 3.43.